The molecule has 2 atom stereocenters. The molecular weight excluding hydrogens is 427 g/mol. The fraction of sp³-hybridized carbons (Fsp3) is 0.619. The van der Waals surface area contributed by atoms with E-state index in [-0.39, 0.29) is 36.6 Å². The Morgan fingerprint density at radius 1 is 1.27 bits per heavy atom. The van der Waals surface area contributed by atoms with E-state index in [2.05, 4.69) is 33.8 Å². The van der Waals surface area contributed by atoms with E-state index in [1.54, 1.807) is 0 Å². The van der Waals surface area contributed by atoms with Crippen molar-refractivity contribution in [2.45, 2.75) is 51.2 Å². The van der Waals surface area contributed by atoms with Gasteiger partial charge in [0.1, 0.15) is 12.1 Å². The number of anilines is 2. The number of halogens is 2. The highest BCUT2D eigenvalue weighted by molar-refractivity contribution is 5.98. The summed E-state index contributed by atoms with van der Waals surface area (Å²) in [6.07, 6.45) is 4.32. The smallest absolute Gasteiger partial charge is 0.251 e. The molecule has 2 heterocycles. The van der Waals surface area contributed by atoms with Crippen LogP contribution >= 0.6 is 24.8 Å². The van der Waals surface area contributed by atoms with Crippen LogP contribution in [-0.2, 0) is 14.3 Å². The SMILES string of the molecule is CCCCC(NC(=O)C1CNCCO1)C(=O)Nc1cccc(N2CCCC2)c1.Cl.Cl. The van der Waals surface area contributed by atoms with Crippen LogP contribution in [0, 0.1) is 0 Å². The zero-order valence-electron chi connectivity index (χ0n) is 17.5. The van der Waals surface area contributed by atoms with Crippen molar-refractivity contribution in [3.8, 4) is 0 Å². The van der Waals surface area contributed by atoms with E-state index < -0.39 is 12.1 Å². The zero-order valence-corrected chi connectivity index (χ0v) is 19.2. The number of morpholine rings is 1. The summed E-state index contributed by atoms with van der Waals surface area (Å²) in [5.74, 6) is -0.404. The van der Waals surface area contributed by atoms with E-state index in [1.165, 1.54) is 12.8 Å². The molecule has 2 saturated heterocycles. The van der Waals surface area contributed by atoms with Gasteiger partial charge in [0.25, 0.3) is 5.91 Å². The summed E-state index contributed by atoms with van der Waals surface area (Å²) in [5, 5.41) is 9.01. The van der Waals surface area contributed by atoms with Gasteiger partial charge in [-0.3, -0.25) is 9.59 Å². The van der Waals surface area contributed by atoms with Crippen LogP contribution in [0.25, 0.3) is 0 Å². The molecule has 3 rings (SSSR count). The summed E-state index contributed by atoms with van der Waals surface area (Å²) >= 11 is 0. The van der Waals surface area contributed by atoms with Crippen molar-refractivity contribution in [2.75, 3.05) is 43.0 Å². The summed E-state index contributed by atoms with van der Waals surface area (Å²) in [6, 6.07) is 7.38. The van der Waals surface area contributed by atoms with E-state index in [9.17, 15) is 9.59 Å². The third-order valence-corrected chi connectivity index (χ3v) is 5.28. The van der Waals surface area contributed by atoms with Crippen LogP contribution in [0.4, 0.5) is 11.4 Å². The Labute approximate surface area is 191 Å². The van der Waals surface area contributed by atoms with Gasteiger partial charge in [-0.2, -0.15) is 0 Å². The molecule has 0 radical (unpaired) electrons. The Bertz CT molecular complexity index is 665. The maximum atomic E-state index is 12.9. The lowest BCUT2D eigenvalue weighted by Gasteiger charge is -2.25. The summed E-state index contributed by atoms with van der Waals surface area (Å²) in [4.78, 5) is 27.7. The second kappa shape index (κ2) is 13.7. The Morgan fingerprint density at radius 2 is 2.03 bits per heavy atom. The van der Waals surface area contributed by atoms with Crippen LogP contribution in [0.15, 0.2) is 24.3 Å². The number of hydrogen-bond acceptors (Lipinski definition) is 5. The van der Waals surface area contributed by atoms with E-state index >= 15 is 0 Å². The van der Waals surface area contributed by atoms with Crippen molar-refractivity contribution in [2.24, 2.45) is 0 Å². The number of rotatable bonds is 8. The largest absolute Gasteiger partial charge is 0.371 e. The summed E-state index contributed by atoms with van der Waals surface area (Å²) in [6.45, 7) is 5.92. The highest BCUT2D eigenvalue weighted by Crippen LogP contribution is 2.23. The number of ether oxygens (including phenoxy) is 1. The molecule has 9 heteroatoms. The maximum Gasteiger partial charge on any atom is 0.251 e. The first-order chi connectivity index (χ1) is 13.7. The molecule has 2 fully saturated rings. The fourth-order valence-corrected chi connectivity index (χ4v) is 3.66. The Hall–Kier alpha value is -1.54. The lowest BCUT2D eigenvalue weighted by molar-refractivity contribution is -0.137. The van der Waals surface area contributed by atoms with Crippen molar-refractivity contribution < 1.29 is 14.3 Å². The van der Waals surface area contributed by atoms with E-state index in [1.807, 2.05) is 18.2 Å². The zero-order chi connectivity index (χ0) is 19.8. The predicted octanol–water partition coefficient (Wildman–Crippen LogP) is 2.73. The third kappa shape index (κ3) is 7.61. The van der Waals surface area contributed by atoms with Gasteiger partial charge in [-0.25, -0.2) is 0 Å². The molecule has 0 saturated carbocycles. The molecule has 3 N–H and O–H groups in total. The van der Waals surface area contributed by atoms with Crippen LogP contribution < -0.4 is 20.9 Å². The third-order valence-electron chi connectivity index (χ3n) is 5.28. The topological polar surface area (TPSA) is 82.7 Å². The highest BCUT2D eigenvalue weighted by atomic mass is 35.5. The van der Waals surface area contributed by atoms with Gasteiger partial charge in [-0.1, -0.05) is 25.8 Å². The summed E-state index contributed by atoms with van der Waals surface area (Å²) in [7, 11) is 0. The minimum atomic E-state index is -0.562. The lowest BCUT2D eigenvalue weighted by Crippen LogP contribution is -2.52. The van der Waals surface area contributed by atoms with Gasteiger partial charge in [0.05, 0.1) is 6.61 Å². The van der Waals surface area contributed by atoms with Crippen LogP contribution in [0.3, 0.4) is 0 Å². The number of amides is 2. The molecule has 7 nitrogen and oxygen atoms in total. The first-order valence-electron chi connectivity index (χ1n) is 10.5. The Kier molecular flexibility index (Phi) is 12.1. The number of carbonyl (C=O) groups excluding carboxylic acids is 2. The average molecular weight is 461 g/mol. The van der Waals surface area contributed by atoms with Crippen LogP contribution in [-0.4, -0.2) is 56.7 Å². The highest BCUT2D eigenvalue weighted by Gasteiger charge is 2.27. The average Bonchev–Trinajstić information content (AvgIpc) is 3.26. The van der Waals surface area contributed by atoms with Gasteiger partial charge in [-0.05, 0) is 37.5 Å². The Balaban J connectivity index is 0.00000225. The van der Waals surface area contributed by atoms with E-state index in [0.717, 1.165) is 43.9 Å². The van der Waals surface area contributed by atoms with Crippen molar-refractivity contribution in [3.63, 3.8) is 0 Å². The predicted molar refractivity (Wildman–Crippen MR) is 125 cm³/mol. The number of nitrogens with zero attached hydrogens (tertiary/aromatic N) is 1. The van der Waals surface area contributed by atoms with Crippen LogP contribution in [0.5, 0.6) is 0 Å². The quantitative estimate of drug-likeness (QED) is 0.555. The monoisotopic (exact) mass is 460 g/mol. The molecule has 0 bridgehead atoms. The van der Waals surface area contributed by atoms with Crippen LogP contribution in [0.1, 0.15) is 39.0 Å². The standard InChI is InChI=1S/C21H32N4O3.2ClH/c1-2-3-9-18(24-21(27)19-15-22-10-13-28-19)20(26)23-16-7-6-8-17(14-16)25-11-4-5-12-25;;/h6-8,14,18-19,22H,2-5,9-13,15H2,1H3,(H,23,26)(H,24,27);2*1H. The molecule has 1 aromatic rings. The van der Waals surface area contributed by atoms with Crippen molar-refractivity contribution in [1.82, 2.24) is 10.6 Å². The summed E-state index contributed by atoms with van der Waals surface area (Å²) in [5.41, 5.74) is 1.90. The maximum absolute atomic E-state index is 12.9. The minimum Gasteiger partial charge on any atom is -0.371 e. The van der Waals surface area contributed by atoms with Gasteiger partial charge in [-0.15, -0.1) is 24.8 Å². The van der Waals surface area contributed by atoms with Gasteiger partial charge >= 0.3 is 0 Å². The van der Waals surface area contributed by atoms with Crippen molar-refractivity contribution in [3.05, 3.63) is 24.3 Å². The van der Waals surface area contributed by atoms with Gasteiger partial charge in [0, 0.05) is 37.6 Å². The van der Waals surface area contributed by atoms with Gasteiger partial charge < -0.3 is 25.6 Å². The number of benzene rings is 1. The second-order valence-electron chi connectivity index (χ2n) is 7.50. The second-order valence-corrected chi connectivity index (χ2v) is 7.50. The number of hydrogen-bond donors (Lipinski definition) is 3. The molecule has 0 aliphatic carbocycles. The van der Waals surface area contributed by atoms with Crippen molar-refractivity contribution in [1.29, 1.82) is 0 Å². The molecule has 2 unspecified atom stereocenters. The van der Waals surface area contributed by atoms with Gasteiger partial charge in [0.15, 0.2) is 0 Å². The lowest BCUT2D eigenvalue weighted by atomic mass is 10.1. The van der Waals surface area contributed by atoms with E-state index in [4.69, 9.17) is 4.74 Å². The molecule has 1 aromatic carbocycles. The van der Waals surface area contributed by atoms with Crippen molar-refractivity contribution >= 4 is 48.0 Å². The number of nitrogens with one attached hydrogen (secondary N) is 3. The molecular formula is C21H34Cl2N4O3. The van der Waals surface area contributed by atoms with Crippen LogP contribution in [0.2, 0.25) is 0 Å². The number of carbonyl (C=O) groups is 2. The first kappa shape index (κ1) is 26.5. The van der Waals surface area contributed by atoms with E-state index in [0.29, 0.717) is 19.6 Å². The van der Waals surface area contributed by atoms with Gasteiger partial charge in [0.2, 0.25) is 5.91 Å². The number of unbranched alkanes of at least 4 members (excludes halogenated alkanes) is 1. The molecule has 2 amide bonds. The first-order valence-corrected chi connectivity index (χ1v) is 10.5. The molecule has 170 valence electrons. The minimum absolute atomic E-state index is 0. The summed E-state index contributed by atoms with van der Waals surface area (Å²) < 4.78 is 5.50. The molecule has 2 aliphatic heterocycles. The molecule has 0 spiro atoms. The normalized spacial score (nSPS) is 19.2. The fourth-order valence-electron chi connectivity index (χ4n) is 3.66. The molecule has 0 aromatic heterocycles. The Morgan fingerprint density at radius 3 is 2.70 bits per heavy atom. The molecule has 2 aliphatic rings. The molecule has 30 heavy (non-hydrogen) atoms.